The molecule has 0 spiro atoms. The van der Waals surface area contributed by atoms with Crippen LogP contribution >= 0.6 is 11.3 Å². The number of fused-ring (bicyclic) bond motifs is 1. The molecule has 1 atom stereocenters. The molecule has 0 aliphatic heterocycles. The van der Waals surface area contributed by atoms with E-state index >= 15 is 0 Å². The second kappa shape index (κ2) is 11.7. The average Bonchev–Trinajstić information content (AvgIpc) is 3.52. The van der Waals surface area contributed by atoms with Crippen molar-refractivity contribution in [3.05, 3.63) is 63.9 Å². The average molecular weight is 519 g/mol. The summed E-state index contributed by atoms with van der Waals surface area (Å²) in [4.78, 5) is 19.5. The van der Waals surface area contributed by atoms with Gasteiger partial charge in [0.15, 0.2) is 11.5 Å². The summed E-state index contributed by atoms with van der Waals surface area (Å²) >= 11 is 1.62. The molecule has 0 saturated carbocycles. The lowest BCUT2D eigenvalue weighted by molar-refractivity contribution is 0.0947. The van der Waals surface area contributed by atoms with Crippen LogP contribution in [0.5, 0.6) is 11.5 Å². The minimum absolute atomic E-state index is 0.122. The van der Waals surface area contributed by atoms with Crippen molar-refractivity contribution >= 4 is 28.5 Å². The Balaban J connectivity index is 1.64. The number of benzene rings is 1. The molecular weight excluding hydrogens is 484 g/mol. The van der Waals surface area contributed by atoms with Crippen molar-refractivity contribution in [3.63, 3.8) is 0 Å². The fourth-order valence-corrected chi connectivity index (χ4v) is 5.82. The van der Waals surface area contributed by atoms with Gasteiger partial charge in [0.2, 0.25) is 0 Å². The van der Waals surface area contributed by atoms with Gasteiger partial charge in [-0.3, -0.25) is 4.79 Å². The van der Waals surface area contributed by atoms with E-state index in [0.29, 0.717) is 41.9 Å². The monoisotopic (exact) mass is 518 g/mol. The molecule has 2 heterocycles. The number of ether oxygens (including phenoxy) is 2. The molecule has 1 aliphatic carbocycles. The maximum atomic E-state index is 13.4. The summed E-state index contributed by atoms with van der Waals surface area (Å²) in [5, 5.41) is 3.74. The van der Waals surface area contributed by atoms with Gasteiger partial charge in [-0.05, 0) is 79.0 Å². The van der Waals surface area contributed by atoms with Gasteiger partial charge >= 0.3 is 0 Å². The molecule has 3 aromatic rings. The molecule has 0 fully saturated rings. The topological polar surface area (TPSA) is 73.1 Å². The molecule has 6 nitrogen and oxygen atoms in total. The maximum Gasteiger partial charge on any atom is 0.255 e. The largest absolute Gasteiger partial charge is 0.490 e. The second-order valence-corrected chi connectivity index (χ2v) is 11.2. The minimum atomic E-state index is -0.122. The molecule has 0 radical (unpaired) electrons. The first-order valence-electron chi connectivity index (χ1n) is 12.6. The lowest BCUT2D eigenvalue weighted by Gasteiger charge is -2.33. The van der Waals surface area contributed by atoms with Crippen LogP contribution in [0.2, 0.25) is 0 Å². The number of furan rings is 1. The molecule has 1 N–H and O–H groups in total. The number of amides is 1. The van der Waals surface area contributed by atoms with Crippen molar-refractivity contribution in [3.8, 4) is 23.8 Å². The summed E-state index contributed by atoms with van der Waals surface area (Å²) in [6, 6.07) is 9.27. The zero-order valence-electron chi connectivity index (χ0n) is 21.9. The van der Waals surface area contributed by atoms with E-state index in [4.69, 9.17) is 25.3 Å². The van der Waals surface area contributed by atoms with Crippen molar-refractivity contribution in [2.45, 2.75) is 53.5 Å². The summed E-state index contributed by atoms with van der Waals surface area (Å²) in [6.45, 7) is 9.79. The Morgan fingerprint density at radius 3 is 2.84 bits per heavy atom. The zero-order valence-corrected chi connectivity index (χ0v) is 22.7. The van der Waals surface area contributed by atoms with Crippen LogP contribution < -0.4 is 14.8 Å². The zero-order chi connectivity index (χ0) is 26.4. The summed E-state index contributed by atoms with van der Waals surface area (Å²) in [5.41, 5.74) is 2.86. The number of aliphatic imine (C=N–C) groups is 1. The molecule has 1 amide bonds. The Labute approximate surface area is 223 Å². The van der Waals surface area contributed by atoms with E-state index in [9.17, 15) is 4.79 Å². The third-order valence-electron chi connectivity index (χ3n) is 6.61. The minimum Gasteiger partial charge on any atom is -0.490 e. The normalized spacial score (nSPS) is 15.3. The van der Waals surface area contributed by atoms with E-state index in [-0.39, 0.29) is 17.9 Å². The molecule has 0 bridgehead atoms. The number of terminal acetylenes is 1. The summed E-state index contributed by atoms with van der Waals surface area (Å²) in [5.74, 6) is 4.83. The van der Waals surface area contributed by atoms with Gasteiger partial charge in [0.05, 0.1) is 25.0 Å². The number of hydrogen-bond donors (Lipinski definition) is 1. The highest BCUT2D eigenvalue weighted by Crippen LogP contribution is 2.45. The predicted octanol–water partition coefficient (Wildman–Crippen LogP) is 6.58. The second-order valence-electron chi connectivity index (χ2n) is 10.1. The van der Waals surface area contributed by atoms with Crippen LogP contribution in [0.1, 0.15) is 66.2 Å². The molecule has 0 unspecified atom stereocenters. The van der Waals surface area contributed by atoms with Crippen LogP contribution in [0.25, 0.3) is 0 Å². The molecule has 7 heteroatoms. The highest BCUT2D eigenvalue weighted by atomic mass is 32.1. The molecule has 194 valence electrons. The van der Waals surface area contributed by atoms with Crippen LogP contribution in [0, 0.1) is 23.7 Å². The Hall–Kier alpha value is -3.50. The van der Waals surface area contributed by atoms with Crippen molar-refractivity contribution in [2.75, 3.05) is 13.2 Å². The van der Waals surface area contributed by atoms with Crippen LogP contribution in [0.15, 0.2) is 46.0 Å². The van der Waals surface area contributed by atoms with E-state index < -0.39 is 0 Å². The first-order chi connectivity index (χ1) is 17.8. The quantitative estimate of drug-likeness (QED) is 0.256. The van der Waals surface area contributed by atoms with Crippen molar-refractivity contribution in [1.82, 2.24) is 5.32 Å². The maximum absolute atomic E-state index is 13.4. The van der Waals surface area contributed by atoms with E-state index in [1.165, 1.54) is 4.88 Å². The van der Waals surface area contributed by atoms with Crippen LogP contribution in [-0.4, -0.2) is 25.3 Å². The Morgan fingerprint density at radius 2 is 2.14 bits per heavy atom. The molecule has 37 heavy (non-hydrogen) atoms. The van der Waals surface area contributed by atoms with Crippen molar-refractivity contribution < 1.29 is 18.7 Å². The molecule has 0 saturated heterocycles. The standard InChI is InChI=1S/C30H34N2O4S/c1-6-14-36-24-13-10-20(16-25(24)34-7-2)18-32-29-27(28(33)31-19-22-9-8-15-35-22)23-12-11-21(30(3,4)5)17-26(23)37-29/h1,8-10,13,15-16,18,21H,7,11-12,14,17,19H2,2-5H3,(H,31,33)/t21-/m1/s1. The van der Waals surface area contributed by atoms with Gasteiger partial charge in [-0.15, -0.1) is 17.8 Å². The third-order valence-corrected chi connectivity index (χ3v) is 7.77. The van der Waals surface area contributed by atoms with Crippen LogP contribution in [0.4, 0.5) is 5.00 Å². The summed E-state index contributed by atoms with van der Waals surface area (Å²) < 4.78 is 16.7. The highest BCUT2D eigenvalue weighted by Gasteiger charge is 2.33. The fourth-order valence-electron chi connectivity index (χ4n) is 4.55. The molecule has 1 aromatic carbocycles. The number of rotatable bonds is 9. The number of hydrogen-bond acceptors (Lipinski definition) is 6. The van der Waals surface area contributed by atoms with Crippen molar-refractivity contribution in [1.29, 1.82) is 0 Å². The van der Waals surface area contributed by atoms with Gasteiger partial charge in [-0.1, -0.05) is 26.7 Å². The SMILES string of the molecule is C#CCOc1ccc(C=Nc2sc3c(c2C(=O)NCc2ccco2)CC[C@@H](C(C)(C)C)C3)cc1OCC. The first-order valence-corrected chi connectivity index (χ1v) is 13.4. The summed E-state index contributed by atoms with van der Waals surface area (Å²) in [7, 11) is 0. The van der Waals surface area contributed by atoms with Gasteiger partial charge in [0.25, 0.3) is 5.91 Å². The smallest absolute Gasteiger partial charge is 0.255 e. The van der Waals surface area contributed by atoms with Gasteiger partial charge in [-0.2, -0.15) is 0 Å². The Bertz CT molecular complexity index is 1290. The molecule has 4 rings (SSSR count). The number of nitrogens with one attached hydrogen (secondary N) is 1. The fraction of sp³-hybridized carbons (Fsp3) is 0.400. The Morgan fingerprint density at radius 1 is 1.30 bits per heavy atom. The van der Waals surface area contributed by atoms with E-state index in [1.807, 2.05) is 37.3 Å². The van der Waals surface area contributed by atoms with Crippen LogP contribution in [0.3, 0.4) is 0 Å². The van der Waals surface area contributed by atoms with Gasteiger partial charge in [-0.25, -0.2) is 4.99 Å². The molecular formula is C30H34N2O4S. The van der Waals surface area contributed by atoms with E-state index in [1.54, 1.807) is 23.8 Å². The third kappa shape index (κ3) is 6.44. The number of carbonyl (C=O) groups is 1. The van der Waals surface area contributed by atoms with E-state index in [0.717, 1.165) is 35.4 Å². The van der Waals surface area contributed by atoms with Crippen molar-refractivity contribution in [2.24, 2.45) is 16.3 Å². The highest BCUT2D eigenvalue weighted by molar-refractivity contribution is 7.16. The number of nitrogens with zero attached hydrogens (tertiary/aromatic N) is 1. The lowest BCUT2D eigenvalue weighted by Crippen LogP contribution is -2.28. The number of carbonyl (C=O) groups excluding carboxylic acids is 1. The predicted molar refractivity (Wildman–Crippen MR) is 148 cm³/mol. The Kier molecular flexibility index (Phi) is 8.40. The first kappa shape index (κ1) is 26.6. The number of thiophene rings is 1. The molecule has 2 aromatic heterocycles. The van der Waals surface area contributed by atoms with E-state index in [2.05, 4.69) is 32.0 Å². The van der Waals surface area contributed by atoms with Gasteiger partial charge < -0.3 is 19.2 Å². The van der Waals surface area contributed by atoms with Crippen LogP contribution in [-0.2, 0) is 19.4 Å². The van der Waals surface area contributed by atoms with Gasteiger partial charge in [0.1, 0.15) is 17.4 Å². The summed E-state index contributed by atoms with van der Waals surface area (Å²) in [6.07, 6.45) is 11.6. The lowest BCUT2D eigenvalue weighted by atomic mass is 9.72. The van der Waals surface area contributed by atoms with Gasteiger partial charge in [0, 0.05) is 11.1 Å². The molecule has 1 aliphatic rings.